The average Bonchev–Trinajstić information content (AvgIpc) is 2.38. The number of hydrogen-bond acceptors (Lipinski definition) is 3. The van der Waals surface area contributed by atoms with Gasteiger partial charge in [-0.2, -0.15) is 8.42 Å². The molecule has 0 atom stereocenters. The van der Waals surface area contributed by atoms with Crippen molar-refractivity contribution >= 4 is 10.1 Å². The summed E-state index contributed by atoms with van der Waals surface area (Å²) in [5.41, 5.74) is 1.11. The standard InChI is InChI=1S/C13H12O4S/c1-17-12-9-5-8-11(13(12)18(14,15)16)10-6-3-2-4-7-10/h2-9H,1H3,(H,14,15,16). The van der Waals surface area contributed by atoms with E-state index in [0.717, 1.165) is 0 Å². The second-order valence-corrected chi connectivity index (χ2v) is 5.04. The van der Waals surface area contributed by atoms with Gasteiger partial charge in [0.2, 0.25) is 0 Å². The number of hydrogen-bond donors (Lipinski definition) is 1. The minimum Gasteiger partial charge on any atom is -0.495 e. The lowest BCUT2D eigenvalue weighted by Gasteiger charge is -2.11. The molecule has 2 aromatic rings. The fraction of sp³-hybridized carbons (Fsp3) is 0.0769. The fourth-order valence-corrected chi connectivity index (χ4v) is 2.66. The molecule has 0 unspecified atom stereocenters. The summed E-state index contributed by atoms with van der Waals surface area (Å²) >= 11 is 0. The van der Waals surface area contributed by atoms with E-state index in [1.807, 2.05) is 6.07 Å². The largest absolute Gasteiger partial charge is 0.495 e. The van der Waals surface area contributed by atoms with Crippen LogP contribution in [-0.2, 0) is 10.1 Å². The molecule has 2 rings (SSSR count). The van der Waals surface area contributed by atoms with Gasteiger partial charge in [-0.25, -0.2) is 0 Å². The van der Waals surface area contributed by atoms with Crippen molar-refractivity contribution in [2.24, 2.45) is 0 Å². The average molecular weight is 264 g/mol. The Hall–Kier alpha value is -1.85. The van der Waals surface area contributed by atoms with Gasteiger partial charge in [-0.05, 0) is 11.6 Å². The van der Waals surface area contributed by atoms with Crippen molar-refractivity contribution in [1.82, 2.24) is 0 Å². The molecule has 0 aliphatic rings. The Bertz CT molecular complexity index is 648. The molecule has 0 aromatic heterocycles. The van der Waals surface area contributed by atoms with Crippen LogP contribution in [-0.4, -0.2) is 20.1 Å². The SMILES string of the molecule is COc1cccc(-c2ccccc2)c1S(=O)(=O)O. The molecule has 94 valence electrons. The molecule has 0 radical (unpaired) electrons. The first-order valence-corrected chi connectivity index (χ1v) is 6.68. The van der Waals surface area contributed by atoms with E-state index in [4.69, 9.17) is 4.74 Å². The summed E-state index contributed by atoms with van der Waals surface area (Å²) in [7, 11) is -2.99. The molecule has 0 spiro atoms. The van der Waals surface area contributed by atoms with E-state index in [1.165, 1.54) is 13.2 Å². The van der Waals surface area contributed by atoms with Gasteiger partial charge in [0.05, 0.1) is 7.11 Å². The molecule has 0 fully saturated rings. The Kier molecular flexibility index (Phi) is 3.36. The summed E-state index contributed by atoms with van der Waals surface area (Å²) in [5, 5.41) is 0. The Balaban J connectivity index is 2.77. The molecule has 2 aromatic carbocycles. The molecule has 0 saturated carbocycles. The van der Waals surface area contributed by atoms with E-state index in [1.54, 1.807) is 36.4 Å². The maximum Gasteiger partial charge on any atom is 0.298 e. The summed E-state index contributed by atoms with van der Waals surface area (Å²) in [6.07, 6.45) is 0. The molecule has 0 heterocycles. The number of ether oxygens (including phenoxy) is 1. The van der Waals surface area contributed by atoms with Gasteiger partial charge in [0.25, 0.3) is 10.1 Å². The Morgan fingerprint density at radius 3 is 2.22 bits per heavy atom. The van der Waals surface area contributed by atoms with Crippen LogP contribution in [0, 0.1) is 0 Å². The van der Waals surface area contributed by atoms with E-state index in [9.17, 15) is 13.0 Å². The maximum atomic E-state index is 11.5. The normalized spacial score (nSPS) is 11.2. The van der Waals surface area contributed by atoms with Crippen molar-refractivity contribution < 1.29 is 17.7 Å². The summed E-state index contributed by atoms with van der Waals surface area (Å²) in [6, 6.07) is 13.8. The molecular weight excluding hydrogens is 252 g/mol. The monoisotopic (exact) mass is 264 g/mol. The van der Waals surface area contributed by atoms with Gasteiger partial charge < -0.3 is 4.74 Å². The highest BCUT2D eigenvalue weighted by atomic mass is 32.2. The minimum absolute atomic E-state index is 0.124. The van der Waals surface area contributed by atoms with Crippen LogP contribution >= 0.6 is 0 Å². The molecular formula is C13H12O4S. The van der Waals surface area contributed by atoms with Crippen molar-refractivity contribution in [3.63, 3.8) is 0 Å². The first kappa shape index (κ1) is 12.6. The highest BCUT2D eigenvalue weighted by Crippen LogP contribution is 2.34. The van der Waals surface area contributed by atoms with Gasteiger partial charge in [0.1, 0.15) is 10.6 Å². The van der Waals surface area contributed by atoms with E-state index in [0.29, 0.717) is 11.1 Å². The van der Waals surface area contributed by atoms with Crippen LogP contribution in [0.2, 0.25) is 0 Å². The topological polar surface area (TPSA) is 63.6 Å². The molecule has 0 aliphatic carbocycles. The van der Waals surface area contributed by atoms with Gasteiger partial charge in [0, 0.05) is 5.56 Å². The van der Waals surface area contributed by atoms with Crippen LogP contribution in [0.5, 0.6) is 5.75 Å². The number of benzene rings is 2. The van der Waals surface area contributed by atoms with Gasteiger partial charge in [-0.1, -0.05) is 42.5 Å². The highest BCUT2D eigenvalue weighted by molar-refractivity contribution is 7.86. The first-order valence-electron chi connectivity index (χ1n) is 5.24. The van der Waals surface area contributed by atoms with Crippen LogP contribution in [0.3, 0.4) is 0 Å². The smallest absolute Gasteiger partial charge is 0.298 e. The van der Waals surface area contributed by atoms with Gasteiger partial charge in [-0.3, -0.25) is 4.55 Å². The lowest BCUT2D eigenvalue weighted by molar-refractivity contribution is 0.398. The Labute approximate surface area is 106 Å². The van der Waals surface area contributed by atoms with Gasteiger partial charge in [-0.15, -0.1) is 0 Å². The van der Waals surface area contributed by atoms with Crippen LogP contribution in [0.25, 0.3) is 11.1 Å². The molecule has 1 N–H and O–H groups in total. The molecule has 0 bridgehead atoms. The molecule has 5 heteroatoms. The summed E-state index contributed by atoms with van der Waals surface area (Å²) < 4.78 is 37.3. The molecule has 0 aliphatic heterocycles. The summed E-state index contributed by atoms with van der Waals surface area (Å²) in [4.78, 5) is -0.210. The third-order valence-corrected chi connectivity index (χ3v) is 3.48. The molecule has 4 nitrogen and oxygen atoms in total. The summed E-state index contributed by atoms with van der Waals surface area (Å²) in [5.74, 6) is 0.124. The minimum atomic E-state index is -4.35. The fourth-order valence-electron chi connectivity index (χ4n) is 1.79. The quantitative estimate of drug-likeness (QED) is 0.865. The maximum absolute atomic E-state index is 11.5. The second-order valence-electron chi connectivity index (χ2n) is 3.68. The lowest BCUT2D eigenvalue weighted by atomic mass is 10.1. The van der Waals surface area contributed by atoms with Crippen LogP contribution in [0.1, 0.15) is 0 Å². The third kappa shape index (κ3) is 2.37. The van der Waals surface area contributed by atoms with Crippen LogP contribution < -0.4 is 4.74 Å². The van der Waals surface area contributed by atoms with Crippen molar-refractivity contribution in [2.75, 3.05) is 7.11 Å². The predicted octanol–water partition coefficient (Wildman–Crippen LogP) is 2.61. The van der Waals surface area contributed by atoms with Crippen molar-refractivity contribution in [3.8, 4) is 16.9 Å². The van der Waals surface area contributed by atoms with Crippen molar-refractivity contribution in [3.05, 3.63) is 48.5 Å². The first-order chi connectivity index (χ1) is 8.54. The Morgan fingerprint density at radius 1 is 1.00 bits per heavy atom. The van der Waals surface area contributed by atoms with E-state index in [-0.39, 0.29) is 10.6 Å². The zero-order valence-corrected chi connectivity index (χ0v) is 10.5. The second kappa shape index (κ2) is 4.80. The number of rotatable bonds is 3. The van der Waals surface area contributed by atoms with Gasteiger partial charge >= 0.3 is 0 Å². The van der Waals surface area contributed by atoms with Crippen molar-refractivity contribution in [2.45, 2.75) is 4.90 Å². The third-order valence-electron chi connectivity index (χ3n) is 2.54. The van der Waals surface area contributed by atoms with Crippen LogP contribution in [0.15, 0.2) is 53.4 Å². The Morgan fingerprint density at radius 2 is 1.67 bits per heavy atom. The molecule has 0 amide bonds. The van der Waals surface area contributed by atoms with E-state index >= 15 is 0 Å². The zero-order chi connectivity index (χ0) is 13.2. The highest BCUT2D eigenvalue weighted by Gasteiger charge is 2.21. The number of methoxy groups -OCH3 is 1. The zero-order valence-electron chi connectivity index (χ0n) is 9.70. The molecule has 18 heavy (non-hydrogen) atoms. The molecule has 0 saturated heterocycles. The predicted molar refractivity (Wildman–Crippen MR) is 68.2 cm³/mol. The van der Waals surface area contributed by atoms with E-state index in [2.05, 4.69) is 0 Å². The lowest BCUT2D eigenvalue weighted by Crippen LogP contribution is -2.03. The summed E-state index contributed by atoms with van der Waals surface area (Å²) in [6.45, 7) is 0. The van der Waals surface area contributed by atoms with Gasteiger partial charge in [0.15, 0.2) is 0 Å². The van der Waals surface area contributed by atoms with Crippen molar-refractivity contribution in [1.29, 1.82) is 0 Å². The van der Waals surface area contributed by atoms with E-state index < -0.39 is 10.1 Å². The van der Waals surface area contributed by atoms with Crippen LogP contribution in [0.4, 0.5) is 0 Å².